The Bertz CT molecular complexity index is 4110. The van der Waals surface area contributed by atoms with Crippen LogP contribution in [0.3, 0.4) is 0 Å². The van der Waals surface area contributed by atoms with E-state index in [-0.39, 0.29) is 73.7 Å². The minimum atomic E-state index is -1.48. The molecule has 0 unspecified atom stereocenters. The van der Waals surface area contributed by atoms with Crippen molar-refractivity contribution in [3.8, 4) is 0 Å². The molecule has 105 heavy (non-hydrogen) atoms. The summed E-state index contributed by atoms with van der Waals surface area (Å²) in [7, 11) is 3.12. The molecular weight excluding hydrogens is 1350 g/mol. The second kappa shape index (κ2) is 34.7. The van der Waals surface area contributed by atoms with E-state index in [0.29, 0.717) is 43.7 Å². The Morgan fingerprint density at radius 2 is 0.867 bits per heavy atom. The Kier molecular flexibility index (Phi) is 26.7. The van der Waals surface area contributed by atoms with Gasteiger partial charge in [-0.25, -0.2) is 23.2 Å². The molecule has 4 aliphatic rings. The minimum Gasteiger partial charge on any atom is -0.480 e. The maximum absolute atomic E-state index is 14.6. The Labute approximate surface area is 613 Å². The van der Waals surface area contributed by atoms with Crippen molar-refractivity contribution < 1.29 is 71.3 Å². The van der Waals surface area contributed by atoms with Gasteiger partial charge in [-0.15, -0.1) is 0 Å². The van der Waals surface area contributed by atoms with E-state index in [4.69, 9.17) is 20.3 Å². The molecular formula is C80H102F2N10O13. The molecule has 8 N–H and O–H groups in total. The predicted molar refractivity (Wildman–Crippen MR) is 395 cm³/mol. The molecule has 2 aliphatic heterocycles. The number of hydrogen-bond acceptors (Lipinski definition) is 13. The number of benzene rings is 6. The molecule has 6 atom stereocenters. The third-order valence-electron chi connectivity index (χ3n) is 18.8. The number of nitrogens with one attached hydrogen (secondary N) is 5. The molecule has 0 radical (unpaired) electrons. The molecule has 25 heteroatoms. The van der Waals surface area contributed by atoms with Crippen molar-refractivity contribution in [3.63, 3.8) is 0 Å². The smallest absolute Gasteiger partial charge is 0.408 e. The lowest BCUT2D eigenvalue weighted by atomic mass is 9.95. The lowest BCUT2D eigenvalue weighted by molar-refractivity contribution is -0.157. The van der Waals surface area contributed by atoms with Crippen LogP contribution in [0.1, 0.15) is 130 Å². The van der Waals surface area contributed by atoms with Crippen molar-refractivity contribution in [2.75, 3.05) is 40.3 Å². The summed E-state index contributed by atoms with van der Waals surface area (Å²) in [5, 5.41) is 26.1. The minimum absolute atomic E-state index is 0.0146. The van der Waals surface area contributed by atoms with Gasteiger partial charge in [-0.05, 0) is 168 Å². The number of fused-ring (bicyclic) bond motifs is 2. The number of carbonyl (C=O) groups excluding carboxylic acids is 9. The number of amides is 9. The van der Waals surface area contributed by atoms with E-state index in [1.165, 1.54) is 69.0 Å². The van der Waals surface area contributed by atoms with Crippen molar-refractivity contribution in [2.45, 2.75) is 192 Å². The molecule has 0 spiro atoms. The molecule has 2 heterocycles. The zero-order chi connectivity index (χ0) is 76.9. The summed E-state index contributed by atoms with van der Waals surface area (Å²) >= 11 is 0. The summed E-state index contributed by atoms with van der Waals surface area (Å²) in [6.07, 6.45) is 4.35. The van der Waals surface area contributed by atoms with Crippen LogP contribution < -0.4 is 32.3 Å². The number of nitrogens with two attached hydrogens (primary N) is 1. The number of aliphatic carboxylic acids is 1. The number of alkyl carbamates (subject to hydrolysis) is 2. The average Bonchev–Trinajstić information content (AvgIpc) is 1.47. The van der Waals surface area contributed by atoms with E-state index in [9.17, 15) is 56.7 Å². The summed E-state index contributed by atoms with van der Waals surface area (Å²) < 4.78 is 37.4. The van der Waals surface area contributed by atoms with Gasteiger partial charge in [0.15, 0.2) is 0 Å². The summed E-state index contributed by atoms with van der Waals surface area (Å²) in [5.41, 5.74) is 5.32. The summed E-state index contributed by atoms with van der Waals surface area (Å²) in [6, 6.07) is 34.6. The first-order chi connectivity index (χ1) is 49.4. The van der Waals surface area contributed by atoms with Gasteiger partial charge in [0.2, 0.25) is 41.4 Å². The number of piperazine rings is 2. The van der Waals surface area contributed by atoms with Crippen LogP contribution in [-0.2, 0) is 73.5 Å². The Balaban J connectivity index is 0.000000230. The van der Waals surface area contributed by atoms with Crippen molar-refractivity contribution in [2.24, 2.45) is 17.6 Å². The Morgan fingerprint density at radius 1 is 0.495 bits per heavy atom. The SMILES string of the molecule is CC(C)(C)OC(=O)NC(C)(C)C(=O)O.CNC(=O)[C@H](Cc1ccc2ccccc2c1)N1CCN(C(=O)[C@@H](Cc2ccc(F)cc2)NC(=O)C(C)(C)NC(=O)OC(C)(C)C)[C@@H](CC2CC2)C1=O.CNC(=O)[C@H](Cc1ccc2ccccc2c1)N1CCN(C(=O)[C@H](N)Cc2ccc(F)cc2)[C@@H](CC2CC2)C1=O. The highest BCUT2D eigenvalue weighted by Gasteiger charge is 2.48. The highest BCUT2D eigenvalue weighted by Crippen LogP contribution is 2.38. The van der Waals surface area contributed by atoms with Gasteiger partial charge in [-0.3, -0.25) is 33.6 Å². The molecule has 2 aliphatic carbocycles. The second-order valence-electron chi connectivity index (χ2n) is 30.7. The van der Waals surface area contributed by atoms with Crippen molar-refractivity contribution in [1.82, 2.24) is 46.2 Å². The fourth-order valence-electron chi connectivity index (χ4n) is 12.8. The Morgan fingerprint density at radius 3 is 1.25 bits per heavy atom. The average molecular weight is 1450 g/mol. The van der Waals surface area contributed by atoms with Gasteiger partial charge in [0.25, 0.3) is 0 Å². The van der Waals surface area contributed by atoms with Gasteiger partial charge in [0.1, 0.15) is 64.1 Å². The van der Waals surface area contributed by atoms with Gasteiger partial charge in [-0.2, -0.15) is 0 Å². The molecule has 2 saturated carbocycles. The summed E-state index contributed by atoms with van der Waals surface area (Å²) in [4.78, 5) is 137. The van der Waals surface area contributed by atoms with Gasteiger partial charge >= 0.3 is 18.2 Å². The predicted octanol–water partition coefficient (Wildman–Crippen LogP) is 8.93. The third kappa shape index (κ3) is 23.0. The first kappa shape index (κ1) is 80.6. The van der Waals surface area contributed by atoms with Crippen LogP contribution >= 0.6 is 0 Å². The van der Waals surface area contributed by atoms with Crippen LogP contribution in [0.4, 0.5) is 18.4 Å². The van der Waals surface area contributed by atoms with Gasteiger partial charge < -0.3 is 66.5 Å². The van der Waals surface area contributed by atoms with Crippen LogP contribution in [0.2, 0.25) is 0 Å². The van der Waals surface area contributed by atoms with Crippen LogP contribution in [-0.4, -0.2) is 183 Å². The van der Waals surface area contributed by atoms with E-state index in [2.05, 4.69) is 32.7 Å². The molecule has 0 bridgehead atoms. The molecule has 6 aromatic carbocycles. The number of rotatable bonds is 23. The number of halogens is 2. The fraction of sp³-hybridized carbons (Fsp3) is 0.475. The lowest BCUT2D eigenvalue weighted by Crippen LogP contribution is -2.66. The second-order valence-corrected chi connectivity index (χ2v) is 30.7. The molecule has 10 rings (SSSR count). The number of ether oxygens (including phenoxy) is 2. The maximum Gasteiger partial charge on any atom is 0.408 e. The highest BCUT2D eigenvalue weighted by molar-refractivity contribution is 5.98. The summed E-state index contributed by atoms with van der Waals surface area (Å²) in [6.45, 7) is 16.8. The molecule has 2 saturated heterocycles. The monoisotopic (exact) mass is 1450 g/mol. The quantitative estimate of drug-likeness (QED) is 0.0315. The number of nitrogens with zero attached hydrogens (tertiary/aromatic N) is 4. The van der Waals surface area contributed by atoms with Crippen LogP contribution in [0.25, 0.3) is 21.5 Å². The van der Waals surface area contributed by atoms with E-state index in [1.54, 1.807) is 82.5 Å². The lowest BCUT2D eigenvalue weighted by Gasteiger charge is -2.44. The normalized spacial score (nSPS) is 17.5. The van der Waals surface area contributed by atoms with Gasteiger partial charge in [0, 0.05) is 59.5 Å². The van der Waals surface area contributed by atoms with Crippen molar-refractivity contribution >= 4 is 81.1 Å². The highest BCUT2D eigenvalue weighted by atomic mass is 19.1. The fourth-order valence-corrected chi connectivity index (χ4v) is 12.8. The van der Waals surface area contributed by atoms with E-state index in [1.807, 2.05) is 78.9 Å². The van der Waals surface area contributed by atoms with E-state index < -0.39 is 94.3 Å². The molecule has 0 aromatic heterocycles. The topological polar surface area (TPSA) is 309 Å². The van der Waals surface area contributed by atoms with Crippen LogP contribution in [0.5, 0.6) is 0 Å². The van der Waals surface area contributed by atoms with E-state index >= 15 is 0 Å². The molecule has 6 aromatic rings. The number of likely N-dealkylation sites (N-methyl/N-ethyl adjacent to an activating group) is 2. The van der Waals surface area contributed by atoms with Gasteiger partial charge in [0.05, 0.1) is 6.04 Å². The molecule has 564 valence electrons. The molecule has 4 fully saturated rings. The molecule has 23 nitrogen and oxygen atoms in total. The number of carboxylic acid groups (broad SMARTS) is 1. The first-order valence-corrected chi connectivity index (χ1v) is 35.8. The molecule has 9 amide bonds. The van der Waals surface area contributed by atoms with Crippen molar-refractivity contribution in [1.29, 1.82) is 0 Å². The zero-order valence-corrected chi connectivity index (χ0v) is 62.2. The number of hydrogen-bond donors (Lipinski definition) is 7. The van der Waals surface area contributed by atoms with Gasteiger partial charge in [-0.1, -0.05) is 135 Å². The van der Waals surface area contributed by atoms with Crippen molar-refractivity contribution in [3.05, 3.63) is 167 Å². The largest absolute Gasteiger partial charge is 0.480 e. The van der Waals surface area contributed by atoms with Crippen LogP contribution in [0.15, 0.2) is 133 Å². The third-order valence-corrected chi connectivity index (χ3v) is 18.8. The van der Waals surface area contributed by atoms with E-state index in [0.717, 1.165) is 63.9 Å². The standard InChI is InChI=1S/C40H50FN5O6.C31H35FN4O3.C9H17NO4/c1-39(2,3)52-38(51)44-40(4,5)37(50)43-31(22-25-14-17-30(41)18-15-25)35(48)46-20-19-45(36(49)33(46)23-26-11-12-26)32(34(47)42-6)24-27-13-16-28-9-7-8-10-29(28)21-27;1-34-29(37)27(19-22-8-11-23-4-2-3-5-24(23)16-22)35-14-15-36(28(31(35)39)18-21-6-7-21)30(38)26(33)17-20-9-12-25(32)13-10-20;1-8(2,3)14-7(13)10-9(4,5)6(11)12/h7-10,13-18,21,26,31-33H,11-12,19-20,22-24H2,1-6H3,(H,42,47)(H,43,50)(H,44,51);2-5,8-13,16,21,26-28H,6-7,14-15,17-19,33H2,1H3,(H,34,37);1-5H3,(H,10,13)(H,11,12)/t31-,32+,33+;26-,27+,28+;/m11./s1. The number of carboxylic acids is 1. The zero-order valence-electron chi connectivity index (χ0n) is 62.2. The summed E-state index contributed by atoms with van der Waals surface area (Å²) in [5.74, 6) is -3.71. The number of carbonyl (C=O) groups is 10. The van der Waals surface area contributed by atoms with Crippen LogP contribution in [0, 0.1) is 23.5 Å². The Hall–Kier alpha value is -10.0. The first-order valence-electron chi connectivity index (χ1n) is 35.8. The maximum atomic E-state index is 14.6.